The first-order valence-electron chi connectivity index (χ1n) is 13.1. The highest BCUT2D eigenvalue weighted by Gasteiger charge is 2.32. The van der Waals surface area contributed by atoms with Gasteiger partial charge in [0.25, 0.3) is 0 Å². The van der Waals surface area contributed by atoms with Crippen molar-refractivity contribution in [1.29, 1.82) is 0 Å². The number of rotatable bonds is 11. The number of halogens is 2. The first-order valence-corrected chi connectivity index (χ1v) is 15.0. The fraction of sp³-hybridized carbons (Fsp3) is 0.355. The molecule has 0 bridgehead atoms. The summed E-state index contributed by atoms with van der Waals surface area (Å²) in [5.74, 6) is 0.831. The van der Waals surface area contributed by atoms with Gasteiger partial charge in [-0.1, -0.05) is 102 Å². The van der Waals surface area contributed by atoms with Gasteiger partial charge in [-0.25, -0.2) is 0 Å². The van der Waals surface area contributed by atoms with Crippen molar-refractivity contribution in [3.05, 3.63) is 105 Å². The molecule has 1 aliphatic rings. The summed E-state index contributed by atoms with van der Waals surface area (Å²) in [5.41, 5.74) is 4.22. The van der Waals surface area contributed by atoms with Crippen LogP contribution in [0, 0.1) is 6.92 Å². The Morgan fingerprint density at radius 2 is 1.66 bits per heavy atom. The van der Waals surface area contributed by atoms with Crippen LogP contribution in [0.3, 0.4) is 0 Å². The number of aryl methyl sites for hydroxylation is 1. The Bertz CT molecular complexity index is 1230. The zero-order valence-corrected chi connectivity index (χ0v) is 24.0. The maximum absolute atomic E-state index is 13.8. The van der Waals surface area contributed by atoms with Crippen LogP contribution in [0.2, 0.25) is 10.0 Å². The Hall–Kier alpha value is -2.47. The fourth-order valence-electron chi connectivity index (χ4n) is 4.90. The van der Waals surface area contributed by atoms with E-state index in [-0.39, 0.29) is 30.2 Å². The lowest BCUT2D eigenvalue weighted by molar-refractivity contribution is -0.139. The third-order valence-electron chi connectivity index (χ3n) is 6.89. The molecule has 0 unspecified atom stereocenters. The Kier molecular flexibility index (Phi) is 10.6. The average Bonchev–Trinajstić information content (AvgIpc) is 3.42. The molecule has 1 N–H and O–H groups in total. The molecule has 2 amide bonds. The van der Waals surface area contributed by atoms with Crippen molar-refractivity contribution in [2.24, 2.45) is 0 Å². The summed E-state index contributed by atoms with van der Waals surface area (Å²) in [6.45, 7) is 2.34. The third-order valence-corrected chi connectivity index (χ3v) is 8.61. The standard InChI is InChI=1S/C31H34Cl2N2O2S/c1-22-8-7-11-25(16-22)20-38-21-30(36)35(19-24-14-15-27(32)28(33)17-24)29(18-23-9-3-2-4-10-23)31(37)34-26-12-5-6-13-26/h2-4,7-11,14-17,26,29H,5-6,12-13,18-21H2,1H3,(H,34,37)/t29-/m0/s1. The van der Waals surface area contributed by atoms with Gasteiger partial charge >= 0.3 is 0 Å². The molecule has 0 heterocycles. The van der Waals surface area contributed by atoms with Gasteiger partial charge in [-0.15, -0.1) is 11.8 Å². The largest absolute Gasteiger partial charge is 0.352 e. The van der Waals surface area contributed by atoms with Gasteiger partial charge in [0.1, 0.15) is 6.04 Å². The van der Waals surface area contributed by atoms with Crippen molar-refractivity contribution in [2.45, 2.75) is 63.4 Å². The zero-order chi connectivity index (χ0) is 26.9. The van der Waals surface area contributed by atoms with Crippen LogP contribution in [0.1, 0.15) is 47.9 Å². The first kappa shape index (κ1) is 28.5. The van der Waals surface area contributed by atoms with Crippen molar-refractivity contribution in [2.75, 3.05) is 5.75 Å². The van der Waals surface area contributed by atoms with E-state index >= 15 is 0 Å². The summed E-state index contributed by atoms with van der Waals surface area (Å²) >= 11 is 14.0. The van der Waals surface area contributed by atoms with Crippen molar-refractivity contribution in [3.63, 3.8) is 0 Å². The number of nitrogens with one attached hydrogen (secondary N) is 1. The molecule has 1 fully saturated rings. The molecule has 4 rings (SSSR count). The predicted octanol–water partition coefficient (Wildman–Crippen LogP) is 7.23. The monoisotopic (exact) mass is 568 g/mol. The summed E-state index contributed by atoms with van der Waals surface area (Å²) in [6, 6.07) is 23.1. The van der Waals surface area contributed by atoms with Crippen LogP contribution >= 0.6 is 35.0 Å². The molecule has 4 nitrogen and oxygen atoms in total. The van der Waals surface area contributed by atoms with Crippen molar-refractivity contribution in [3.8, 4) is 0 Å². The van der Waals surface area contributed by atoms with Crippen LogP contribution in [0.15, 0.2) is 72.8 Å². The van der Waals surface area contributed by atoms with E-state index in [0.29, 0.717) is 16.5 Å². The van der Waals surface area contributed by atoms with E-state index in [1.54, 1.807) is 28.8 Å². The fourth-order valence-corrected chi connectivity index (χ4v) is 6.08. The first-order chi connectivity index (χ1) is 18.4. The van der Waals surface area contributed by atoms with Crippen molar-refractivity contribution >= 4 is 46.8 Å². The number of amides is 2. The Morgan fingerprint density at radius 1 is 0.921 bits per heavy atom. The predicted molar refractivity (Wildman–Crippen MR) is 159 cm³/mol. The number of hydrogen-bond acceptors (Lipinski definition) is 3. The number of hydrogen-bond donors (Lipinski definition) is 1. The number of benzene rings is 3. The van der Waals surface area contributed by atoms with E-state index in [4.69, 9.17) is 23.2 Å². The minimum absolute atomic E-state index is 0.0729. The van der Waals surface area contributed by atoms with Gasteiger partial charge in [0.05, 0.1) is 15.8 Å². The van der Waals surface area contributed by atoms with E-state index in [0.717, 1.165) is 42.6 Å². The maximum Gasteiger partial charge on any atom is 0.243 e. The molecule has 1 saturated carbocycles. The van der Waals surface area contributed by atoms with E-state index < -0.39 is 6.04 Å². The number of carbonyl (C=O) groups excluding carboxylic acids is 2. The van der Waals surface area contributed by atoms with Crippen molar-refractivity contribution in [1.82, 2.24) is 10.2 Å². The van der Waals surface area contributed by atoms with Crippen LogP contribution in [-0.2, 0) is 28.3 Å². The Balaban J connectivity index is 1.58. The molecule has 0 aliphatic heterocycles. The second kappa shape index (κ2) is 14.1. The van der Waals surface area contributed by atoms with E-state index in [9.17, 15) is 9.59 Å². The number of carbonyl (C=O) groups is 2. The van der Waals surface area contributed by atoms with Crippen molar-refractivity contribution < 1.29 is 9.59 Å². The summed E-state index contributed by atoms with van der Waals surface area (Å²) in [4.78, 5) is 29.3. The Morgan fingerprint density at radius 3 is 2.37 bits per heavy atom. The van der Waals surface area contributed by atoms with Crippen LogP contribution in [0.25, 0.3) is 0 Å². The molecule has 3 aromatic carbocycles. The summed E-state index contributed by atoms with van der Waals surface area (Å²) < 4.78 is 0. The van der Waals surface area contributed by atoms with Crippen LogP contribution in [0.5, 0.6) is 0 Å². The lowest BCUT2D eigenvalue weighted by atomic mass is 10.0. The molecule has 3 aromatic rings. The van der Waals surface area contributed by atoms with Gasteiger partial charge in [0.2, 0.25) is 11.8 Å². The molecule has 0 saturated heterocycles. The van der Waals surface area contributed by atoms with Gasteiger partial charge in [0.15, 0.2) is 0 Å². The van der Waals surface area contributed by atoms with E-state index in [2.05, 4.69) is 30.4 Å². The van der Waals surface area contributed by atoms with Crippen LogP contribution in [0.4, 0.5) is 0 Å². The SMILES string of the molecule is Cc1cccc(CSCC(=O)N(Cc2ccc(Cl)c(Cl)c2)[C@@H](Cc2ccccc2)C(=O)NC2CCCC2)c1. The molecule has 0 spiro atoms. The average molecular weight is 570 g/mol. The second-order valence-corrected chi connectivity index (χ2v) is 11.7. The molecular weight excluding hydrogens is 535 g/mol. The molecule has 0 aromatic heterocycles. The highest BCUT2D eigenvalue weighted by Crippen LogP contribution is 2.25. The van der Waals surface area contributed by atoms with Crippen LogP contribution < -0.4 is 5.32 Å². The minimum Gasteiger partial charge on any atom is -0.352 e. The van der Waals surface area contributed by atoms with Gasteiger partial charge in [0, 0.05) is 24.8 Å². The molecule has 1 aliphatic carbocycles. The minimum atomic E-state index is -0.639. The zero-order valence-electron chi connectivity index (χ0n) is 21.7. The lowest BCUT2D eigenvalue weighted by Gasteiger charge is -2.32. The molecule has 1 atom stereocenters. The van der Waals surface area contributed by atoms with Gasteiger partial charge in [-0.3, -0.25) is 9.59 Å². The summed E-state index contributed by atoms with van der Waals surface area (Å²) in [6.07, 6.45) is 4.65. The highest BCUT2D eigenvalue weighted by atomic mass is 35.5. The van der Waals surface area contributed by atoms with E-state index in [1.807, 2.05) is 42.5 Å². The van der Waals surface area contributed by atoms with Gasteiger partial charge in [-0.2, -0.15) is 0 Å². The van der Waals surface area contributed by atoms with Crippen LogP contribution in [-0.4, -0.2) is 34.6 Å². The van der Waals surface area contributed by atoms with Gasteiger partial charge < -0.3 is 10.2 Å². The molecular formula is C31H34Cl2N2O2S. The smallest absolute Gasteiger partial charge is 0.243 e. The normalized spacial score (nSPS) is 14.3. The van der Waals surface area contributed by atoms with Gasteiger partial charge in [-0.05, 0) is 48.6 Å². The molecule has 7 heteroatoms. The summed E-state index contributed by atoms with van der Waals surface area (Å²) in [5, 5.41) is 4.13. The van der Waals surface area contributed by atoms with E-state index in [1.165, 1.54) is 11.1 Å². The molecule has 0 radical (unpaired) electrons. The number of thioether (sulfide) groups is 1. The summed E-state index contributed by atoms with van der Waals surface area (Å²) in [7, 11) is 0. The molecule has 200 valence electrons. The topological polar surface area (TPSA) is 49.4 Å². The number of nitrogens with zero attached hydrogens (tertiary/aromatic N) is 1. The third kappa shape index (κ3) is 8.26. The highest BCUT2D eigenvalue weighted by molar-refractivity contribution is 7.99. The lowest BCUT2D eigenvalue weighted by Crippen LogP contribution is -2.52. The second-order valence-electron chi connectivity index (χ2n) is 9.95. The maximum atomic E-state index is 13.8. The molecule has 38 heavy (non-hydrogen) atoms. The Labute approximate surface area is 240 Å². The quantitative estimate of drug-likeness (QED) is 0.265.